The Morgan fingerprint density at radius 1 is 1.28 bits per heavy atom. The van der Waals surface area contributed by atoms with Gasteiger partial charge in [0.2, 0.25) is 5.43 Å². The van der Waals surface area contributed by atoms with Crippen LogP contribution in [0.5, 0.6) is 0 Å². The molecule has 0 radical (unpaired) electrons. The zero-order chi connectivity index (χ0) is 18.0. The number of rotatable bonds is 3. The summed E-state index contributed by atoms with van der Waals surface area (Å²) in [7, 11) is 0. The second kappa shape index (κ2) is 6.75. The number of pyridine rings is 1. The first kappa shape index (κ1) is 16.7. The van der Waals surface area contributed by atoms with Crippen LogP contribution in [-0.2, 0) is 6.54 Å². The maximum atomic E-state index is 13.9. The highest BCUT2D eigenvalue weighted by atomic mass is 35.5. The predicted octanol–water partition coefficient (Wildman–Crippen LogP) is 3.12. The summed E-state index contributed by atoms with van der Waals surface area (Å²) >= 11 is 5.80. The topological polar surface area (TPSA) is 85.8 Å². The van der Waals surface area contributed by atoms with Crippen LogP contribution >= 0.6 is 11.6 Å². The molecule has 3 aromatic rings. The molecule has 2 N–H and O–H groups in total. The fourth-order valence-electron chi connectivity index (χ4n) is 2.40. The van der Waals surface area contributed by atoms with E-state index < -0.39 is 17.2 Å². The van der Waals surface area contributed by atoms with Crippen molar-refractivity contribution in [2.45, 2.75) is 6.54 Å². The number of halogens is 2. The van der Waals surface area contributed by atoms with Gasteiger partial charge in [0.25, 0.3) is 5.91 Å². The average molecular weight is 356 g/mol. The van der Waals surface area contributed by atoms with Crippen LogP contribution in [0.25, 0.3) is 10.9 Å². The maximum Gasteiger partial charge on any atom is 0.257 e. The Hall–Kier alpha value is -3.17. The molecule has 2 aromatic carbocycles. The normalized spacial score (nSPS) is 10.4. The van der Waals surface area contributed by atoms with Gasteiger partial charge < -0.3 is 10.3 Å². The van der Waals surface area contributed by atoms with Crippen molar-refractivity contribution < 1.29 is 9.18 Å². The third-order valence-corrected chi connectivity index (χ3v) is 3.93. The Bertz CT molecular complexity index is 1070. The SMILES string of the molecule is N#Cc1cc(F)c2[nH]cc(C(=O)NCc3ccc(Cl)cc3)c(=O)c2c1. The molecule has 0 aliphatic carbocycles. The lowest BCUT2D eigenvalue weighted by atomic mass is 10.1. The number of carbonyl (C=O) groups is 1. The third-order valence-electron chi connectivity index (χ3n) is 3.68. The molecular weight excluding hydrogens is 345 g/mol. The summed E-state index contributed by atoms with van der Waals surface area (Å²) in [5.74, 6) is -1.32. The highest BCUT2D eigenvalue weighted by Gasteiger charge is 2.15. The summed E-state index contributed by atoms with van der Waals surface area (Å²) in [5.41, 5.74) is -0.0189. The van der Waals surface area contributed by atoms with Gasteiger partial charge in [-0.05, 0) is 29.8 Å². The molecule has 1 heterocycles. The molecule has 1 amide bonds. The molecule has 3 rings (SSSR count). The molecule has 25 heavy (non-hydrogen) atoms. The van der Waals surface area contributed by atoms with Gasteiger partial charge in [0.1, 0.15) is 11.4 Å². The summed E-state index contributed by atoms with van der Waals surface area (Å²) in [4.78, 5) is 27.3. The molecule has 124 valence electrons. The van der Waals surface area contributed by atoms with E-state index in [1.807, 2.05) is 0 Å². The Kier molecular flexibility index (Phi) is 4.50. The van der Waals surface area contributed by atoms with Crippen molar-refractivity contribution >= 4 is 28.4 Å². The molecule has 0 atom stereocenters. The molecule has 0 saturated heterocycles. The van der Waals surface area contributed by atoms with E-state index in [-0.39, 0.29) is 28.6 Å². The summed E-state index contributed by atoms with van der Waals surface area (Å²) in [6.45, 7) is 0.208. The van der Waals surface area contributed by atoms with Crippen LogP contribution in [0.3, 0.4) is 0 Å². The standard InChI is InChI=1S/C18H11ClFN3O2/c19-12-3-1-10(2-4-12)8-23-18(25)14-9-22-16-13(17(14)24)5-11(7-21)6-15(16)20/h1-6,9H,8H2,(H,22,24)(H,23,25). The Labute approximate surface area is 146 Å². The number of aromatic amines is 1. The van der Waals surface area contributed by atoms with Crippen molar-refractivity contribution in [3.8, 4) is 6.07 Å². The molecule has 7 heteroatoms. The van der Waals surface area contributed by atoms with Crippen molar-refractivity contribution in [3.63, 3.8) is 0 Å². The number of nitriles is 1. The Morgan fingerprint density at radius 3 is 2.68 bits per heavy atom. The molecule has 0 spiro atoms. The predicted molar refractivity (Wildman–Crippen MR) is 91.9 cm³/mol. The smallest absolute Gasteiger partial charge is 0.257 e. The second-order valence-corrected chi connectivity index (χ2v) is 5.77. The van der Waals surface area contributed by atoms with E-state index in [1.54, 1.807) is 30.3 Å². The van der Waals surface area contributed by atoms with Crippen LogP contribution in [0.1, 0.15) is 21.5 Å². The summed E-state index contributed by atoms with van der Waals surface area (Å²) in [6.07, 6.45) is 1.16. The van der Waals surface area contributed by atoms with Crippen LogP contribution in [-0.4, -0.2) is 10.9 Å². The first-order valence-electron chi connectivity index (χ1n) is 7.27. The fourth-order valence-corrected chi connectivity index (χ4v) is 2.53. The van der Waals surface area contributed by atoms with Crippen molar-refractivity contribution in [1.29, 1.82) is 5.26 Å². The number of hydrogen-bond acceptors (Lipinski definition) is 3. The summed E-state index contributed by atoms with van der Waals surface area (Å²) < 4.78 is 13.9. The fraction of sp³-hybridized carbons (Fsp3) is 0.0556. The van der Waals surface area contributed by atoms with Gasteiger partial charge in [0.15, 0.2) is 0 Å². The van der Waals surface area contributed by atoms with Gasteiger partial charge in [-0.25, -0.2) is 4.39 Å². The largest absolute Gasteiger partial charge is 0.358 e. The quantitative estimate of drug-likeness (QED) is 0.756. The molecule has 0 saturated carbocycles. The number of nitrogens with zero attached hydrogens (tertiary/aromatic N) is 1. The van der Waals surface area contributed by atoms with Gasteiger partial charge in [-0.3, -0.25) is 9.59 Å². The number of fused-ring (bicyclic) bond motifs is 1. The van der Waals surface area contributed by atoms with Gasteiger partial charge >= 0.3 is 0 Å². The van der Waals surface area contributed by atoms with Crippen molar-refractivity contribution in [2.75, 3.05) is 0 Å². The van der Waals surface area contributed by atoms with E-state index in [4.69, 9.17) is 16.9 Å². The van der Waals surface area contributed by atoms with Gasteiger partial charge in [-0.2, -0.15) is 5.26 Å². The number of carbonyl (C=O) groups excluding carboxylic acids is 1. The zero-order valence-corrected chi connectivity index (χ0v) is 13.5. The van der Waals surface area contributed by atoms with Crippen molar-refractivity contribution in [2.24, 2.45) is 0 Å². The number of nitrogens with one attached hydrogen (secondary N) is 2. The van der Waals surface area contributed by atoms with E-state index in [9.17, 15) is 14.0 Å². The monoisotopic (exact) mass is 355 g/mol. The van der Waals surface area contributed by atoms with Crippen LogP contribution in [0.4, 0.5) is 4.39 Å². The minimum Gasteiger partial charge on any atom is -0.358 e. The van der Waals surface area contributed by atoms with E-state index >= 15 is 0 Å². The highest BCUT2D eigenvalue weighted by Crippen LogP contribution is 2.15. The lowest BCUT2D eigenvalue weighted by Crippen LogP contribution is -2.28. The average Bonchev–Trinajstić information content (AvgIpc) is 2.61. The molecule has 0 aliphatic heterocycles. The molecule has 0 bridgehead atoms. The maximum absolute atomic E-state index is 13.9. The zero-order valence-electron chi connectivity index (χ0n) is 12.8. The third kappa shape index (κ3) is 3.37. The van der Waals surface area contributed by atoms with Crippen molar-refractivity contribution in [1.82, 2.24) is 10.3 Å². The Balaban J connectivity index is 1.91. The van der Waals surface area contributed by atoms with E-state index in [1.165, 1.54) is 6.07 Å². The van der Waals surface area contributed by atoms with Gasteiger partial charge in [-0.15, -0.1) is 0 Å². The van der Waals surface area contributed by atoms with Crippen molar-refractivity contribution in [3.05, 3.63) is 80.3 Å². The molecular formula is C18H11ClFN3O2. The molecule has 0 aliphatic rings. The Morgan fingerprint density at radius 2 is 2.00 bits per heavy atom. The molecule has 1 aromatic heterocycles. The van der Waals surface area contributed by atoms with E-state index in [0.29, 0.717) is 5.02 Å². The minimum absolute atomic E-state index is 0.00854. The lowest BCUT2D eigenvalue weighted by molar-refractivity contribution is 0.0949. The number of aromatic nitrogens is 1. The van der Waals surface area contributed by atoms with Gasteiger partial charge in [0.05, 0.1) is 22.5 Å². The molecule has 0 fully saturated rings. The number of benzene rings is 2. The molecule has 0 unspecified atom stereocenters. The summed E-state index contributed by atoms with van der Waals surface area (Å²) in [5, 5.41) is 12.1. The van der Waals surface area contributed by atoms with Crippen LogP contribution in [0, 0.1) is 17.1 Å². The molecule has 5 nitrogen and oxygen atoms in total. The number of amides is 1. The number of hydrogen-bond donors (Lipinski definition) is 2. The van der Waals surface area contributed by atoms with E-state index in [2.05, 4.69) is 10.3 Å². The second-order valence-electron chi connectivity index (χ2n) is 5.33. The first-order chi connectivity index (χ1) is 12.0. The van der Waals surface area contributed by atoms with Crippen LogP contribution in [0.2, 0.25) is 5.02 Å². The van der Waals surface area contributed by atoms with E-state index in [0.717, 1.165) is 17.8 Å². The van der Waals surface area contributed by atoms with Gasteiger partial charge in [-0.1, -0.05) is 23.7 Å². The lowest BCUT2D eigenvalue weighted by Gasteiger charge is -2.07. The van der Waals surface area contributed by atoms with Gasteiger partial charge in [0, 0.05) is 17.8 Å². The first-order valence-corrected chi connectivity index (χ1v) is 7.65. The van der Waals surface area contributed by atoms with Crippen LogP contribution in [0.15, 0.2) is 47.4 Å². The highest BCUT2D eigenvalue weighted by molar-refractivity contribution is 6.30. The minimum atomic E-state index is -0.723. The summed E-state index contributed by atoms with van der Waals surface area (Å²) in [6, 6.07) is 11.0. The number of H-pyrrole nitrogens is 1. The van der Waals surface area contributed by atoms with Crippen LogP contribution < -0.4 is 10.7 Å².